The molecule has 1 aliphatic carbocycles. The predicted molar refractivity (Wildman–Crippen MR) is 352 cm³/mol. The molecule has 5 N–H and O–H groups in total. The number of hydrogen-bond donors (Lipinski definition) is 5. The largest absolute Gasteiger partial charge is 0.495 e. The van der Waals surface area contributed by atoms with Gasteiger partial charge in [0.25, 0.3) is 0 Å². The zero-order valence-electron chi connectivity index (χ0n) is 53.7. The van der Waals surface area contributed by atoms with Crippen molar-refractivity contribution in [1.29, 1.82) is 0 Å². The number of likely N-dealkylation sites (tertiary alicyclic amines) is 1. The summed E-state index contributed by atoms with van der Waals surface area (Å²) in [7, 11) is 5.84. The molecule has 3 fully saturated rings. The van der Waals surface area contributed by atoms with Gasteiger partial charge in [0.2, 0.25) is 41.4 Å². The molecule has 0 aromatic heterocycles. The van der Waals surface area contributed by atoms with E-state index in [0.29, 0.717) is 29.4 Å². The van der Waals surface area contributed by atoms with E-state index < -0.39 is 101 Å². The van der Waals surface area contributed by atoms with E-state index in [2.05, 4.69) is 21.3 Å². The fourth-order valence-electron chi connectivity index (χ4n) is 10.8. The first kappa shape index (κ1) is 74.2. The van der Waals surface area contributed by atoms with E-state index in [9.17, 15) is 48.3 Å². The molecule has 1 aromatic rings. The summed E-state index contributed by atoms with van der Waals surface area (Å²) < 4.78 is 46.5. The number of benzene rings is 1. The molecule has 6 bridgehead atoms. The lowest BCUT2D eigenvalue weighted by Crippen LogP contribution is -2.63. The highest BCUT2D eigenvalue weighted by Gasteiger charge is 2.64. The van der Waals surface area contributed by atoms with Crippen molar-refractivity contribution in [2.45, 2.75) is 126 Å². The fourth-order valence-corrected chi connectivity index (χ4v) is 14.0. The summed E-state index contributed by atoms with van der Waals surface area (Å²) in [5.74, 6) is -2.39. The molecule has 6 heterocycles. The zero-order valence-corrected chi connectivity index (χ0v) is 56.9. The number of imide groups is 1. The number of allylic oxidation sites excluding steroid dienone is 9. The molecular weight excluding hydrogens is 1290 g/mol. The highest BCUT2D eigenvalue weighted by atomic mass is 35.5. The Labute approximate surface area is 560 Å². The average molecular weight is 1370 g/mol. The van der Waals surface area contributed by atoms with Crippen molar-refractivity contribution in [1.82, 2.24) is 31.1 Å². The number of carbonyl (C=O) groups excluding carboxylic acids is 9. The van der Waals surface area contributed by atoms with Gasteiger partial charge < -0.3 is 68.8 Å². The van der Waals surface area contributed by atoms with Gasteiger partial charge in [-0.2, -0.15) is 0 Å². The molecule has 0 spiro atoms. The van der Waals surface area contributed by atoms with E-state index in [1.165, 1.54) is 45.0 Å². The molecule has 9 atom stereocenters. The maximum absolute atomic E-state index is 14.4. The quantitative estimate of drug-likeness (QED) is 0.0483. The number of nitrogens with one attached hydrogen (secondary N) is 4. The van der Waals surface area contributed by atoms with Crippen molar-refractivity contribution in [3.8, 4) is 5.75 Å². The molecule has 93 heavy (non-hydrogen) atoms. The number of esters is 1. The van der Waals surface area contributed by atoms with Crippen LogP contribution in [0.1, 0.15) is 71.8 Å². The number of halogens is 1. The van der Waals surface area contributed by atoms with E-state index in [1.54, 1.807) is 61.7 Å². The maximum atomic E-state index is 14.4. The summed E-state index contributed by atoms with van der Waals surface area (Å²) in [5, 5.41) is 22.2. The van der Waals surface area contributed by atoms with Crippen LogP contribution in [-0.2, 0) is 77.9 Å². The van der Waals surface area contributed by atoms with E-state index >= 15 is 0 Å². The Kier molecular flexibility index (Phi) is 28.3. The molecule has 0 radical (unpaired) electrons. The SMILES string of the molecule is COc1cc2cc(c1Cl)N(C)C(=O)C[C@H](OC(=O)[C@H](C)N(C)C(=O)CCSC1CC(=O)N(CCOCCOCCNC(=O)COC3CNC(=O)CCSC4=CC=CC(=CC=C4)SCCC(=O)NC3)C1=O)[C@]1(C)O[C@H]1[C@H](C)[C@@H]1C[C@@](O)(NC(=O)O1)[C@H](OC)/C=C/C=C(\C)C2. The Bertz CT molecular complexity index is 3040. The molecule has 1 aromatic carbocycles. The first-order chi connectivity index (χ1) is 44.4. The fraction of sp³-hybridized carbons (Fsp3) is 0.578. The van der Waals surface area contributed by atoms with Gasteiger partial charge in [0, 0.05) is 106 Å². The summed E-state index contributed by atoms with van der Waals surface area (Å²) in [4.78, 5) is 125. The number of rotatable bonds is 21. The number of carbonyl (C=O) groups is 9. The molecule has 29 heteroatoms. The van der Waals surface area contributed by atoms with Gasteiger partial charge in [-0.25, -0.2) is 9.59 Å². The van der Waals surface area contributed by atoms with Crippen LogP contribution < -0.4 is 30.9 Å². The molecule has 0 saturated carbocycles. The van der Waals surface area contributed by atoms with Crippen LogP contribution in [0, 0.1) is 5.92 Å². The second-order valence-electron chi connectivity index (χ2n) is 23.3. The lowest BCUT2D eigenvalue weighted by molar-refractivity contribution is -0.162. The van der Waals surface area contributed by atoms with Crippen molar-refractivity contribution < 1.29 is 86.2 Å². The van der Waals surface area contributed by atoms with Gasteiger partial charge in [0.05, 0.1) is 69.6 Å². The summed E-state index contributed by atoms with van der Waals surface area (Å²) in [5.41, 5.74) is -1.25. The number of hydrogen-bond acceptors (Lipinski definition) is 21. The smallest absolute Gasteiger partial charge is 0.409 e. The predicted octanol–water partition coefficient (Wildman–Crippen LogP) is 4.69. The van der Waals surface area contributed by atoms with Gasteiger partial charge in [-0.05, 0) is 69.2 Å². The Morgan fingerprint density at radius 1 is 0.925 bits per heavy atom. The van der Waals surface area contributed by atoms with E-state index in [0.717, 1.165) is 37.6 Å². The van der Waals surface area contributed by atoms with Crippen LogP contribution in [0.5, 0.6) is 5.75 Å². The maximum Gasteiger partial charge on any atom is 0.409 e. The highest BCUT2D eigenvalue weighted by molar-refractivity contribution is 8.03. The van der Waals surface area contributed by atoms with Crippen LogP contribution in [0.25, 0.3) is 0 Å². The topological polar surface area (TPSA) is 309 Å². The number of anilines is 1. The number of methoxy groups -OCH3 is 2. The Hall–Kier alpha value is -6.21. The normalized spacial score (nSPS) is 27.9. The summed E-state index contributed by atoms with van der Waals surface area (Å²) in [6, 6.07) is 2.35. The molecule has 8 amide bonds. The van der Waals surface area contributed by atoms with Gasteiger partial charge in [0.1, 0.15) is 47.3 Å². The highest BCUT2D eigenvalue weighted by Crippen LogP contribution is 2.49. The number of fused-ring (bicyclic) bond motifs is 19. The molecule has 7 aliphatic rings. The summed E-state index contributed by atoms with van der Waals surface area (Å²) in [6.45, 7) is 7.39. The lowest BCUT2D eigenvalue weighted by atomic mass is 9.83. The number of amides is 8. The number of aliphatic hydroxyl groups is 1. The van der Waals surface area contributed by atoms with Crippen molar-refractivity contribution in [3.05, 3.63) is 92.8 Å². The molecule has 8 rings (SSSR count). The van der Waals surface area contributed by atoms with E-state index in [4.69, 9.17) is 49.5 Å². The summed E-state index contributed by atoms with van der Waals surface area (Å²) in [6.07, 6.45) is 11.8. The first-order valence-electron chi connectivity index (χ1n) is 30.8. The lowest BCUT2D eigenvalue weighted by Gasteiger charge is -2.42. The monoisotopic (exact) mass is 1370 g/mol. The molecule has 3 saturated heterocycles. The molecule has 510 valence electrons. The van der Waals surface area contributed by atoms with Crippen LogP contribution >= 0.6 is 46.9 Å². The second kappa shape index (κ2) is 35.5. The molecule has 6 aliphatic heterocycles. The number of ether oxygens (including phenoxy) is 8. The average Bonchev–Trinajstić information content (AvgIpc) is 1.59. The van der Waals surface area contributed by atoms with E-state index in [1.807, 2.05) is 49.5 Å². The van der Waals surface area contributed by atoms with Crippen LogP contribution in [0.2, 0.25) is 5.02 Å². The number of thioether (sulfide) groups is 3. The molecular formula is C64H86ClN7O18S3. The van der Waals surface area contributed by atoms with Crippen LogP contribution in [0.15, 0.2) is 82.2 Å². The third-order valence-electron chi connectivity index (χ3n) is 16.5. The molecule has 25 nitrogen and oxygen atoms in total. The minimum atomic E-state index is -1.90. The standard InChI is InChI=1S/C64H86ClN7O18S3/c1-39-12-9-17-50(84-8)64(82)35-48(88-62(81)69-64)40(2)59-63(4,90-59)51(34-56(77)71(6)46-31-42(30-39)32-47(83-7)58(46)65)89-61(80)41(3)70(5)55(76)20-29-93-49-33-57(78)72(60(49)79)22-24-86-26-25-85-23-21-66-54(75)38-87-43-36-67-52(73)18-27-91-44-13-10-14-45(16-11-15-44)92-28-19-53(74)68-37-43/h9-17,31-32,40-41,43,48-51,59,82H,18-30,33-38H2,1-8H3,(H,66,75)(H,67,73)(H,68,74)(H,69,81)/b13-10?,14-10?,15-11?,16-11?,17-9+,39-12+,44-13?,44-15?,45-14?,45-16?/t40-,41+,43?,48+,49?,50-,51+,59+,63+,64+/m1/s1. The Morgan fingerprint density at radius 2 is 1.59 bits per heavy atom. The van der Waals surface area contributed by atoms with Gasteiger partial charge >= 0.3 is 12.1 Å². The summed E-state index contributed by atoms with van der Waals surface area (Å²) >= 11 is 11.1. The number of epoxide rings is 1. The minimum Gasteiger partial charge on any atom is -0.495 e. The molecule has 1 unspecified atom stereocenters. The van der Waals surface area contributed by atoms with Crippen molar-refractivity contribution in [3.63, 3.8) is 0 Å². The first-order valence-corrected chi connectivity index (χ1v) is 34.2. The third-order valence-corrected chi connectivity index (χ3v) is 20.1. The van der Waals surface area contributed by atoms with Crippen molar-refractivity contribution in [2.24, 2.45) is 5.92 Å². The Balaban J connectivity index is 0.829. The van der Waals surface area contributed by atoms with Crippen LogP contribution in [-0.4, -0.2) is 226 Å². The number of alkyl carbamates (subject to hydrolysis) is 1. The number of nitrogens with zero attached hydrogens (tertiary/aromatic N) is 3. The minimum absolute atomic E-state index is 0.00636. The van der Waals surface area contributed by atoms with Gasteiger partial charge in [0.15, 0.2) is 5.72 Å². The van der Waals surface area contributed by atoms with Gasteiger partial charge in [-0.15, -0.1) is 35.3 Å². The van der Waals surface area contributed by atoms with Crippen molar-refractivity contribution in [2.75, 3.05) is 110 Å². The van der Waals surface area contributed by atoms with Crippen LogP contribution in [0.3, 0.4) is 0 Å². The second-order valence-corrected chi connectivity index (χ2v) is 27.3. The van der Waals surface area contributed by atoms with Crippen LogP contribution in [0.4, 0.5) is 10.5 Å². The van der Waals surface area contributed by atoms with Crippen molar-refractivity contribution >= 4 is 106 Å². The van der Waals surface area contributed by atoms with Gasteiger partial charge in [-0.3, -0.25) is 43.8 Å². The third kappa shape index (κ3) is 21.4. The number of likely N-dealkylation sites (N-methyl/N-ethyl adjacent to an activating group) is 1. The van der Waals surface area contributed by atoms with Gasteiger partial charge in [-0.1, -0.05) is 54.5 Å². The zero-order chi connectivity index (χ0) is 67.4. The Morgan fingerprint density at radius 3 is 2.25 bits per heavy atom. The van der Waals surface area contributed by atoms with E-state index in [-0.39, 0.29) is 120 Å².